The lowest BCUT2D eigenvalue weighted by Crippen LogP contribution is -2.01. The first kappa shape index (κ1) is 21.0. The molecule has 0 unspecified atom stereocenters. The Morgan fingerprint density at radius 2 is 1.41 bits per heavy atom. The van der Waals surface area contributed by atoms with Gasteiger partial charge in [0.05, 0.1) is 6.61 Å². The van der Waals surface area contributed by atoms with Crippen molar-refractivity contribution in [2.75, 3.05) is 6.61 Å². The van der Waals surface area contributed by atoms with Crippen molar-refractivity contribution >= 4 is 0 Å². The van der Waals surface area contributed by atoms with E-state index < -0.39 is 17.5 Å². The van der Waals surface area contributed by atoms with Gasteiger partial charge in [-0.05, 0) is 47.7 Å². The standard InChI is InChI=1S/C25H25F3O/c1-3-5-6-15-29-23-14-13-21(24(27)25(23)28)19-11-12-20(22(26)16-19)18-9-7-17(4-2)8-10-18/h7-14,16H,3-6,15H2,1-2H3. The Morgan fingerprint density at radius 3 is 2.07 bits per heavy atom. The van der Waals surface area contributed by atoms with Crippen LogP contribution in [0.2, 0.25) is 0 Å². The van der Waals surface area contributed by atoms with Crippen LogP contribution in [0.4, 0.5) is 13.2 Å². The average Bonchev–Trinajstić information content (AvgIpc) is 2.74. The van der Waals surface area contributed by atoms with Crippen molar-refractivity contribution in [1.29, 1.82) is 0 Å². The van der Waals surface area contributed by atoms with Crippen LogP contribution >= 0.6 is 0 Å². The molecule has 3 aromatic rings. The van der Waals surface area contributed by atoms with Crippen LogP contribution in [0, 0.1) is 17.5 Å². The number of unbranched alkanes of at least 4 members (excludes halogenated alkanes) is 2. The summed E-state index contributed by atoms with van der Waals surface area (Å²) in [6.07, 6.45) is 3.68. The molecule has 152 valence electrons. The molecule has 4 heteroatoms. The Hall–Kier alpha value is -2.75. The molecule has 0 aromatic heterocycles. The number of hydrogen-bond acceptors (Lipinski definition) is 1. The topological polar surface area (TPSA) is 9.23 Å². The Balaban J connectivity index is 1.85. The normalized spacial score (nSPS) is 10.9. The second kappa shape index (κ2) is 9.64. The maximum atomic E-state index is 14.7. The summed E-state index contributed by atoms with van der Waals surface area (Å²) in [7, 11) is 0. The fourth-order valence-electron chi connectivity index (χ4n) is 3.24. The van der Waals surface area contributed by atoms with Gasteiger partial charge in [0.1, 0.15) is 5.82 Å². The number of ether oxygens (including phenoxy) is 1. The SMILES string of the molecule is CCCCCOc1ccc(-c2ccc(-c3ccc(CC)cc3)c(F)c2)c(F)c1F. The molecule has 0 N–H and O–H groups in total. The number of benzene rings is 3. The van der Waals surface area contributed by atoms with Gasteiger partial charge >= 0.3 is 0 Å². The van der Waals surface area contributed by atoms with E-state index in [9.17, 15) is 13.2 Å². The van der Waals surface area contributed by atoms with Crippen molar-refractivity contribution in [1.82, 2.24) is 0 Å². The van der Waals surface area contributed by atoms with E-state index in [1.54, 1.807) is 12.1 Å². The maximum absolute atomic E-state index is 14.7. The van der Waals surface area contributed by atoms with Gasteiger partial charge in [-0.2, -0.15) is 4.39 Å². The van der Waals surface area contributed by atoms with Crippen LogP contribution in [0.5, 0.6) is 5.75 Å². The molecule has 0 radical (unpaired) electrons. The largest absolute Gasteiger partial charge is 0.490 e. The summed E-state index contributed by atoms with van der Waals surface area (Å²) < 4.78 is 49.0. The van der Waals surface area contributed by atoms with Gasteiger partial charge in [-0.15, -0.1) is 0 Å². The van der Waals surface area contributed by atoms with Crippen LogP contribution in [-0.2, 0) is 6.42 Å². The summed E-state index contributed by atoms with van der Waals surface area (Å²) in [4.78, 5) is 0. The summed E-state index contributed by atoms with van der Waals surface area (Å²) >= 11 is 0. The highest BCUT2D eigenvalue weighted by Crippen LogP contribution is 2.33. The molecule has 0 amide bonds. The van der Waals surface area contributed by atoms with E-state index in [1.165, 1.54) is 23.8 Å². The first-order valence-corrected chi connectivity index (χ1v) is 10.0. The molecule has 0 spiro atoms. The lowest BCUT2D eigenvalue weighted by atomic mass is 9.98. The second-order valence-corrected chi connectivity index (χ2v) is 7.04. The van der Waals surface area contributed by atoms with Crippen LogP contribution in [0.25, 0.3) is 22.3 Å². The minimum atomic E-state index is -1.04. The Labute approximate surface area is 170 Å². The van der Waals surface area contributed by atoms with Crippen LogP contribution in [0.1, 0.15) is 38.7 Å². The fourth-order valence-corrected chi connectivity index (χ4v) is 3.24. The molecule has 0 aliphatic carbocycles. The zero-order valence-electron chi connectivity index (χ0n) is 16.8. The van der Waals surface area contributed by atoms with E-state index in [0.29, 0.717) is 12.2 Å². The smallest absolute Gasteiger partial charge is 0.201 e. The molecule has 0 aliphatic heterocycles. The monoisotopic (exact) mass is 398 g/mol. The molecule has 0 bridgehead atoms. The third-order valence-electron chi connectivity index (χ3n) is 5.01. The first-order chi connectivity index (χ1) is 14.0. The van der Waals surface area contributed by atoms with Gasteiger partial charge in [0, 0.05) is 11.1 Å². The lowest BCUT2D eigenvalue weighted by molar-refractivity contribution is 0.286. The van der Waals surface area contributed by atoms with E-state index in [-0.39, 0.29) is 16.9 Å². The zero-order valence-corrected chi connectivity index (χ0v) is 16.8. The van der Waals surface area contributed by atoms with E-state index in [2.05, 4.69) is 13.8 Å². The van der Waals surface area contributed by atoms with Crippen LogP contribution in [-0.4, -0.2) is 6.61 Å². The van der Waals surface area contributed by atoms with Crippen LogP contribution in [0.15, 0.2) is 54.6 Å². The molecular weight excluding hydrogens is 373 g/mol. The molecule has 0 saturated carbocycles. The molecule has 29 heavy (non-hydrogen) atoms. The predicted molar refractivity (Wildman–Crippen MR) is 112 cm³/mol. The Morgan fingerprint density at radius 1 is 0.724 bits per heavy atom. The van der Waals surface area contributed by atoms with Gasteiger partial charge in [0.25, 0.3) is 0 Å². The highest BCUT2D eigenvalue weighted by atomic mass is 19.2. The maximum Gasteiger partial charge on any atom is 0.201 e. The fraction of sp³-hybridized carbons (Fsp3) is 0.280. The van der Waals surface area contributed by atoms with E-state index in [0.717, 1.165) is 31.2 Å². The van der Waals surface area contributed by atoms with Gasteiger partial charge < -0.3 is 4.74 Å². The van der Waals surface area contributed by atoms with E-state index in [4.69, 9.17) is 4.74 Å². The van der Waals surface area contributed by atoms with E-state index in [1.807, 2.05) is 24.3 Å². The summed E-state index contributed by atoms with van der Waals surface area (Å²) in [6.45, 7) is 4.45. The van der Waals surface area contributed by atoms with Gasteiger partial charge in [0.15, 0.2) is 11.6 Å². The highest BCUT2D eigenvalue weighted by molar-refractivity contribution is 5.72. The van der Waals surface area contributed by atoms with E-state index >= 15 is 0 Å². The Kier molecular flexibility index (Phi) is 6.97. The summed E-state index contributed by atoms with van der Waals surface area (Å²) in [5.41, 5.74) is 2.63. The minimum Gasteiger partial charge on any atom is -0.490 e. The third-order valence-corrected chi connectivity index (χ3v) is 5.01. The quantitative estimate of drug-likeness (QED) is 0.356. The number of aryl methyl sites for hydroxylation is 1. The molecule has 1 nitrogen and oxygen atoms in total. The number of hydrogen-bond donors (Lipinski definition) is 0. The predicted octanol–water partition coefficient (Wildman–Crippen LogP) is 7.57. The van der Waals surface area contributed by atoms with Gasteiger partial charge in [0.2, 0.25) is 5.82 Å². The lowest BCUT2D eigenvalue weighted by Gasteiger charge is -2.12. The highest BCUT2D eigenvalue weighted by Gasteiger charge is 2.17. The van der Waals surface area contributed by atoms with Crippen molar-refractivity contribution in [3.63, 3.8) is 0 Å². The molecule has 0 heterocycles. The molecular formula is C25H25F3O. The first-order valence-electron chi connectivity index (χ1n) is 10.0. The van der Waals surface area contributed by atoms with Crippen molar-refractivity contribution < 1.29 is 17.9 Å². The summed E-state index contributed by atoms with van der Waals surface area (Å²) in [5.74, 6) is -2.67. The zero-order chi connectivity index (χ0) is 20.8. The van der Waals surface area contributed by atoms with Crippen molar-refractivity contribution in [3.05, 3.63) is 77.6 Å². The minimum absolute atomic E-state index is 0.00943. The van der Waals surface area contributed by atoms with Crippen molar-refractivity contribution in [2.45, 2.75) is 39.5 Å². The van der Waals surface area contributed by atoms with Gasteiger partial charge in [-0.25, -0.2) is 8.78 Å². The molecule has 0 fully saturated rings. The summed E-state index contributed by atoms with van der Waals surface area (Å²) in [5, 5.41) is 0. The van der Waals surface area contributed by atoms with Gasteiger partial charge in [-0.3, -0.25) is 0 Å². The number of rotatable bonds is 8. The van der Waals surface area contributed by atoms with Crippen LogP contribution < -0.4 is 4.74 Å². The number of halogens is 3. The molecule has 3 aromatic carbocycles. The summed E-state index contributed by atoms with van der Waals surface area (Å²) in [6, 6.07) is 14.9. The Bertz CT molecular complexity index is 965. The molecule has 3 rings (SSSR count). The van der Waals surface area contributed by atoms with Crippen molar-refractivity contribution in [3.8, 4) is 28.0 Å². The average molecular weight is 398 g/mol. The second-order valence-electron chi connectivity index (χ2n) is 7.04. The molecule has 0 atom stereocenters. The van der Waals surface area contributed by atoms with Gasteiger partial charge in [-0.1, -0.05) is 63.1 Å². The van der Waals surface area contributed by atoms with Crippen LogP contribution in [0.3, 0.4) is 0 Å². The third kappa shape index (κ3) is 4.81. The molecule has 0 saturated heterocycles. The van der Waals surface area contributed by atoms with Crippen molar-refractivity contribution in [2.24, 2.45) is 0 Å². The molecule has 0 aliphatic rings.